The van der Waals surface area contributed by atoms with E-state index in [1.807, 2.05) is 5.32 Å². The zero-order valence-corrected chi connectivity index (χ0v) is 15.8. The molecule has 0 fully saturated rings. The molecule has 0 saturated heterocycles. The molecule has 0 aliphatic carbocycles. The van der Waals surface area contributed by atoms with Crippen LogP contribution in [-0.2, 0) is 33.1 Å². The fourth-order valence-corrected chi connectivity index (χ4v) is 2.83. The predicted molar refractivity (Wildman–Crippen MR) is 91.6 cm³/mol. The topological polar surface area (TPSA) is 263 Å². The normalized spacial score (nSPS) is 16.1. The first kappa shape index (κ1) is 26.4. The Morgan fingerprint density at radius 1 is 0.897 bits per heavy atom. The Morgan fingerprint density at radius 2 is 1.45 bits per heavy atom. The van der Waals surface area contributed by atoms with Crippen LogP contribution in [0, 0.1) is 0 Å². The molecule has 4 atom stereocenters. The molecule has 0 rings (SSSR count). The number of carboxylic acid groups (broad SMARTS) is 4. The van der Waals surface area contributed by atoms with Crippen molar-refractivity contribution in [2.45, 2.75) is 43.8 Å². The Morgan fingerprint density at radius 3 is 1.90 bits per heavy atom. The second kappa shape index (κ2) is 12.1. The molecule has 0 spiro atoms. The van der Waals surface area contributed by atoms with E-state index in [2.05, 4.69) is 4.52 Å². The van der Waals surface area contributed by atoms with Crippen molar-refractivity contribution >= 4 is 37.5 Å². The number of amides is 1. The van der Waals surface area contributed by atoms with Crippen molar-refractivity contribution in [3.63, 3.8) is 0 Å². The number of carbonyl (C=O) groups is 5. The van der Waals surface area contributed by atoms with Crippen molar-refractivity contribution in [2.24, 2.45) is 5.73 Å². The molecule has 15 nitrogen and oxygen atoms in total. The summed E-state index contributed by atoms with van der Waals surface area (Å²) in [5, 5.41) is 38.7. The second-order valence-electron chi connectivity index (χ2n) is 5.71. The minimum Gasteiger partial charge on any atom is -0.481 e. The molecule has 0 aliphatic rings. The van der Waals surface area contributed by atoms with Crippen LogP contribution in [0.2, 0.25) is 0 Å². The maximum Gasteiger partial charge on any atom is 0.403 e. The van der Waals surface area contributed by atoms with Gasteiger partial charge in [0.1, 0.15) is 12.1 Å². The fourth-order valence-electron chi connectivity index (χ4n) is 1.77. The van der Waals surface area contributed by atoms with E-state index < -0.39 is 81.5 Å². The monoisotopic (exact) mass is 443 g/mol. The van der Waals surface area contributed by atoms with Crippen LogP contribution in [0.3, 0.4) is 0 Å². The molecule has 2 unspecified atom stereocenters. The molecule has 166 valence electrons. The van der Waals surface area contributed by atoms with Gasteiger partial charge in [-0.25, -0.2) is 14.4 Å². The molecule has 0 saturated carbocycles. The number of hydrogen-bond donors (Lipinski definition) is 8. The van der Waals surface area contributed by atoms with E-state index in [0.717, 1.165) is 0 Å². The van der Waals surface area contributed by atoms with Crippen LogP contribution in [0.4, 0.5) is 0 Å². The minimum atomic E-state index is -4.88. The summed E-state index contributed by atoms with van der Waals surface area (Å²) in [6, 6.07) is -4.92. The molecule has 0 aromatic carbocycles. The third kappa shape index (κ3) is 11.8. The Kier molecular flexibility index (Phi) is 11.0. The van der Waals surface area contributed by atoms with Crippen molar-refractivity contribution in [1.29, 1.82) is 0 Å². The lowest BCUT2D eigenvalue weighted by atomic mass is 10.1. The van der Waals surface area contributed by atoms with Crippen LogP contribution < -0.4 is 16.1 Å². The van der Waals surface area contributed by atoms with Gasteiger partial charge in [-0.05, 0) is 12.8 Å². The molecule has 0 radical (unpaired) electrons. The smallest absolute Gasteiger partial charge is 0.403 e. The molecule has 0 aliphatic heterocycles. The van der Waals surface area contributed by atoms with Crippen LogP contribution >= 0.6 is 7.75 Å². The molecule has 0 aromatic rings. The maximum atomic E-state index is 11.9. The Labute approximate surface area is 163 Å². The Balaban J connectivity index is 4.79. The molecule has 0 heterocycles. The number of hydrogen-bond acceptors (Lipinski definition) is 8. The van der Waals surface area contributed by atoms with Crippen molar-refractivity contribution < 1.29 is 58.4 Å². The first-order valence-corrected chi connectivity index (χ1v) is 9.53. The Hall–Kier alpha value is -2.58. The summed E-state index contributed by atoms with van der Waals surface area (Å²) in [5.74, 6) is -6.91. The maximum absolute atomic E-state index is 11.9. The van der Waals surface area contributed by atoms with Crippen molar-refractivity contribution in [3.05, 3.63) is 0 Å². The highest BCUT2D eigenvalue weighted by molar-refractivity contribution is 7.50. The molecule has 0 aromatic heterocycles. The standard InChI is InChI=1S/C13H22N3O12P/c14-6(11(20)21)1-3-9(17)15-8(13(24)25)5-28-29(26,27)16-7(12(22)23)2-4-10(18)19/h6-8H,1-5,14H2,(H,15,17)(H,18,19)(H,20,21)(H,22,23)(H,24,25)(H2,16,26,27)/t6?,7-,8-/m0/s1. The molecule has 9 N–H and O–H groups in total. The van der Waals surface area contributed by atoms with Crippen LogP contribution in [-0.4, -0.2) is 79.8 Å². The number of carbonyl (C=O) groups excluding carboxylic acids is 1. The number of carboxylic acids is 4. The van der Waals surface area contributed by atoms with E-state index in [4.69, 9.17) is 26.2 Å². The quantitative estimate of drug-likeness (QED) is 0.125. The van der Waals surface area contributed by atoms with Gasteiger partial charge < -0.3 is 36.4 Å². The number of nitrogens with two attached hydrogens (primary N) is 1. The van der Waals surface area contributed by atoms with Gasteiger partial charge in [-0.1, -0.05) is 0 Å². The summed E-state index contributed by atoms with van der Waals surface area (Å²) in [7, 11) is -4.88. The van der Waals surface area contributed by atoms with E-state index in [1.165, 1.54) is 0 Å². The van der Waals surface area contributed by atoms with E-state index in [0.29, 0.717) is 0 Å². The van der Waals surface area contributed by atoms with Crippen LogP contribution in [0.5, 0.6) is 0 Å². The lowest BCUT2D eigenvalue weighted by Crippen LogP contribution is -2.45. The van der Waals surface area contributed by atoms with Gasteiger partial charge in [0.15, 0.2) is 6.04 Å². The van der Waals surface area contributed by atoms with Gasteiger partial charge in [0.05, 0.1) is 6.61 Å². The van der Waals surface area contributed by atoms with Crippen molar-refractivity contribution in [1.82, 2.24) is 10.4 Å². The minimum absolute atomic E-state index is 0.293. The zero-order valence-electron chi connectivity index (χ0n) is 14.9. The average molecular weight is 443 g/mol. The summed E-state index contributed by atoms with van der Waals surface area (Å²) in [6.07, 6.45) is -1.92. The van der Waals surface area contributed by atoms with Gasteiger partial charge >= 0.3 is 31.6 Å². The van der Waals surface area contributed by atoms with E-state index in [9.17, 15) is 33.4 Å². The number of rotatable bonds is 15. The first-order valence-electron chi connectivity index (χ1n) is 7.95. The van der Waals surface area contributed by atoms with Gasteiger partial charge in [0.2, 0.25) is 5.91 Å². The second-order valence-corrected chi connectivity index (χ2v) is 7.27. The van der Waals surface area contributed by atoms with Gasteiger partial charge in [-0.3, -0.25) is 23.7 Å². The zero-order chi connectivity index (χ0) is 22.8. The van der Waals surface area contributed by atoms with Crippen LogP contribution in [0.25, 0.3) is 0 Å². The lowest BCUT2D eigenvalue weighted by Gasteiger charge is -2.21. The van der Waals surface area contributed by atoms with E-state index in [-0.39, 0.29) is 6.42 Å². The van der Waals surface area contributed by atoms with Gasteiger partial charge in [0, 0.05) is 12.8 Å². The van der Waals surface area contributed by atoms with E-state index in [1.54, 1.807) is 5.09 Å². The van der Waals surface area contributed by atoms with Crippen molar-refractivity contribution in [2.75, 3.05) is 6.61 Å². The number of aliphatic carboxylic acids is 4. The molecule has 1 amide bonds. The van der Waals surface area contributed by atoms with Crippen LogP contribution in [0.1, 0.15) is 25.7 Å². The molecular formula is C13H22N3O12P. The molecule has 29 heavy (non-hydrogen) atoms. The third-order valence-corrected chi connectivity index (χ3v) is 4.45. The molecule has 0 bridgehead atoms. The average Bonchev–Trinajstić information content (AvgIpc) is 2.59. The summed E-state index contributed by atoms with van der Waals surface area (Å²) in [6.45, 7) is -1.04. The number of nitrogens with one attached hydrogen (secondary N) is 2. The summed E-state index contributed by atoms with van der Waals surface area (Å²) in [5.41, 5.74) is 5.20. The molecular weight excluding hydrogens is 421 g/mol. The van der Waals surface area contributed by atoms with E-state index >= 15 is 0 Å². The highest BCUT2D eigenvalue weighted by Gasteiger charge is 2.31. The van der Waals surface area contributed by atoms with Gasteiger partial charge in [-0.15, -0.1) is 0 Å². The van der Waals surface area contributed by atoms with Gasteiger partial charge in [0.25, 0.3) is 0 Å². The Bertz CT molecular complexity index is 684. The van der Waals surface area contributed by atoms with Crippen LogP contribution in [0.15, 0.2) is 0 Å². The van der Waals surface area contributed by atoms with Gasteiger partial charge in [-0.2, -0.15) is 0 Å². The fraction of sp³-hybridized carbons (Fsp3) is 0.615. The summed E-state index contributed by atoms with van der Waals surface area (Å²) in [4.78, 5) is 64.5. The highest BCUT2D eigenvalue weighted by atomic mass is 31.2. The molecule has 16 heteroatoms. The van der Waals surface area contributed by atoms with Crippen molar-refractivity contribution in [3.8, 4) is 0 Å². The SMILES string of the molecule is NC(CCC(=O)N[C@@H](COP(=O)(O)N[C@@H](CCC(=O)O)C(=O)O)C(=O)O)C(=O)O. The predicted octanol–water partition coefficient (Wildman–Crippen LogP) is -2.23. The summed E-state index contributed by atoms with van der Waals surface area (Å²) < 4.78 is 16.4. The summed E-state index contributed by atoms with van der Waals surface area (Å²) >= 11 is 0. The lowest BCUT2D eigenvalue weighted by molar-refractivity contribution is -0.143. The highest BCUT2D eigenvalue weighted by Crippen LogP contribution is 2.38. The first-order chi connectivity index (χ1) is 13.2. The third-order valence-electron chi connectivity index (χ3n) is 3.31. The largest absolute Gasteiger partial charge is 0.481 e.